The molecule has 112 valence electrons. The molecule has 1 atom stereocenters. The minimum absolute atomic E-state index is 0.176. The van der Waals surface area contributed by atoms with Gasteiger partial charge in [-0.2, -0.15) is 0 Å². The maximum atomic E-state index is 12.9. The van der Waals surface area contributed by atoms with Crippen molar-refractivity contribution in [1.29, 1.82) is 0 Å². The highest BCUT2D eigenvalue weighted by atomic mass is 32.1. The van der Waals surface area contributed by atoms with Crippen molar-refractivity contribution in [3.05, 3.63) is 22.4 Å². The van der Waals surface area contributed by atoms with Crippen LogP contribution >= 0.6 is 11.3 Å². The molecule has 6 nitrogen and oxygen atoms in total. The molecule has 0 spiro atoms. The molecule has 0 bridgehead atoms. The number of alkyl halides is 2. The first-order chi connectivity index (χ1) is 9.34. The molecule has 0 saturated carbocycles. The quantitative estimate of drug-likeness (QED) is 0.590. The van der Waals surface area contributed by atoms with E-state index in [4.69, 9.17) is 11.5 Å². The van der Waals surface area contributed by atoms with Crippen molar-refractivity contribution in [1.82, 2.24) is 10.6 Å². The highest BCUT2D eigenvalue weighted by Crippen LogP contribution is 2.22. The van der Waals surface area contributed by atoms with Gasteiger partial charge in [0.15, 0.2) is 0 Å². The van der Waals surface area contributed by atoms with Gasteiger partial charge in [-0.15, -0.1) is 11.3 Å². The zero-order chi connectivity index (χ0) is 15.2. The third kappa shape index (κ3) is 5.49. The smallest absolute Gasteiger partial charge is 0.312 e. The molecular formula is C11H16F2N4O2S. The van der Waals surface area contributed by atoms with E-state index in [1.807, 2.05) is 0 Å². The lowest BCUT2D eigenvalue weighted by Crippen LogP contribution is -2.43. The summed E-state index contributed by atoms with van der Waals surface area (Å²) in [6.45, 7) is -1.68. The molecule has 1 rings (SSSR count). The second-order valence-corrected chi connectivity index (χ2v) is 5.10. The molecule has 1 unspecified atom stereocenters. The van der Waals surface area contributed by atoms with Crippen LogP contribution in [0.3, 0.4) is 0 Å². The van der Waals surface area contributed by atoms with Crippen molar-refractivity contribution in [3.63, 3.8) is 0 Å². The number of hydrogen-bond donors (Lipinski definition) is 4. The summed E-state index contributed by atoms with van der Waals surface area (Å²) in [4.78, 5) is 23.2. The molecule has 0 radical (unpaired) electrons. The van der Waals surface area contributed by atoms with Gasteiger partial charge in [-0.3, -0.25) is 4.79 Å². The first kappa shape index (κ1) is 16.3. The Morgan fingerprint density at radius 1 is 1.45 bits per heavy atom. The molecule has 20 heavy (non-hydrogen) atoms. The minimum Gasteiger partial charge on any atom is -0.352 e. The minimum atomic E-state index is -3.15. The van der Waals surface area contributed by atoms with E-state index in [1.165, 1.54) is 11.3 Å². The topological polar surface area (TPSA) is 110 Å². The molecule has 0 fully saturated rings. The van der Waals surface area contributed by atoms with E-state index < -0.39 is 37.0 Å². The molecule has 1 aromatic heterocycles. The summed E-state index contributed by atoms with van der Waals surface area (Å²) in [5.41, 5.74) is 9.89. The van der Waals surface area contributed by atoms with Gasteiger partial charge in [0.05, 0.1) is 25.6 Å². The molecule has 1 heterocycles. The second kappa shape index (κ2) is 7.15. The van der Waals surface area contributed by atoms with Crippen molar-refractivity contribution in [2.24, 2.45) is 11.5 Å². The number of amides is 3. The summed E-state index contributed by atoms with van der Waals surface area (Å²) in [6, 6.07) is 2.03. The van der Waals surface area contributed by atoms with Crippen molar-refractivity contribution in [3.8, 4) is 0 Å². The molecule has 6 N–H and O–H groups in total. The highest BCUT2D eigenvalue weighted by Gasteiger charge is 2.28. The molecule has 3 amide bonds. The Hall–Kier alpha value is -1.74. The van der Waals surface area contributed by atoms with Crippen LogP contribution in [0.15, 0.2) is 17.5 Å². The van der Waals surface area contributed by atoms with E-state index in [0.717, 1.165) is 0 Å². The van der Waals surface area contributed by atoms with Crippen LogP contribution in [0.1, 0.15) is 17.3 Å². The fourth-order valence-electron chi connectivity index (χ4n) is 1.44. The number of nitrogens with two attached hydrogens (primary N) is 2. The monoisotopic (exact) mass is 306 g/mol. The zero-order valence-electron chi connectivity index (χ0n) is 10.6. The summed E-state index contributed by atoms with van der Waals surface area (Å²) in [6.07, 6.45) is -0.176. The summed E-state index contributed by atoms with van der Waals surface area (Å²) in [5.74, 6) is -3.77. The Morgan fingerprint density at radius 2 is 2.15 bits per heavy atom. The Kier molecular flexibility index (Phi) is 5.83. The van der Waals surface area contributed by atoms with Crippen molar-refractivity contribution < 1.29 is 18.4 Å². The normalized spacial score (nSPS) is 12.8. The fraction of sp³-hybridized carbons (Fsp3) is 0.455. The van der Waals surface area contributed by atoms with Crippen molar-refractivity contribution in [2.45, 2.75) is 18.4 Å². The third-order valence-corrected chi connectivity index (χ3v) is 3.42. The van der Waals surface area contributed by atoms with Gasteiger partial charge in [0.2, 0.25) is 5.91 Å². The maximum absolute atomic E-state index is 12.9. The number of carbonyl (C=O) groups excluding carboxylic acids is 2. The largest absolute Gasteiger partial charge is 0.352 e. The summed E-state index contributed by atoms with van der Waals surface area (Å²) < 4.78 is 25.8. The van der Waals surface area contributed by atoms with E-state index >= 15 is 0 Å². The average molecular weight is 306 g/mol. The second-order valence-electron chi connectivity index (χ2n) is 4.12. The van der Waals surface area contributed by atoms with Gasteiger partial charge < -0.3 is 22.1 Å². The number of thiophene rings is 1. The molecule has 1 aromatic rings. The Bertz CT molecular complexity index is 453. The lowest BCUT2D eigenvalue weighted by molar-refractivity contribution is -0.123. The van der Waals surface area contributed by atoms with Gasteiger partial charge in [0.1, 0.15) is 0 Å². The zero-order valence-corrected chi connectivity index (χ0v) is 11.4. The van der Waals surface area contributed by atoms with Crippen LogP contribution in [0.4, 0.5) is 13.6 Å². The van der Waals surface area contributed by atoms with E-state index in [0.29, 0.717) is 4.88 Å². The van der Waals surface area contributed by atoms with Crippen LogP contribution in [-0.4, -0.2) is 31.0 Å². The number of rotatable bonds is 7. The number of urea groups is 1. The van der Waals surface area contributed by atoms with E-state index in [2.05, 4.69) is 10.6 Å². The number of halogens is 2. The Balaban J connectivity index is 2.57. The number of carbonyl (C=O) groups is 2. The van der Waals surface area contributed by atoms with Crippen LogP contribution in [0, 0.1) is 0 Å². The van der Waals surface area contributed by atoms with Crippen molar-refractivity contribution in [2.75, 3.05) is 13.1 Å². The Labute approximate surface area is 118 Å². The summed E-state index contributed by atoms with van der Waals surface area (Å²) in [7, 11) is 0. The number of nitrogens with one attached hydrogen (secondary N) is 2. The van der Waals surface area contributed by atoms with Crippen molar-refractivity contribution >= 4 is 23.3 Å². The molecule has 0 saturated heterocycles. The van der Waals surface area contributed by atoms with Crippen LogP contribution in [0.5, 0.6) is 0 Å². The molecule has 9 heteroatoms. The Morgan fingerprint density at radius 3 is 2.65 bits per heavy atom. The molecule has 0 aromatic carbocycles. The van der Waals surface area contributed by atoms with E-state index in [9.17, 15) is 18.4 Å². The van der Waals surface area contributed by atoms with Gasteiger partial charge in [-0.1, -0.05) is 6.07 Å². The number of hydrogen-bond acceptors (Lipinski definition) is 4. The summed E-state index contributed by atoms with van der Waals surface area (Å²) >= 11 is 1.32. The average Bonchev–Trinajstić information content (AvgIpc) is 2.89. The lowest BCUT2D eigenvalue weighted by Gasteiger charge is -2.18. The third-order valence-electron chi connectivity index (χ3n) is 2.44. The maximum Gasteiger partial charge on any atom is 0.312 e. The van der Waals surface area contributed by atoms with Gasteiger partial charge in [-0.05, 0) is 11.4 Å². The SMILES string of the molecule is NCC(F)(F)CNC(=O)CC(NC(N)=O)c1cccs1. The molecular weight excluding hydrogens is 290 g/mol. The van der Waals surface area contributed by atoms with Gasteiger partial charge in [0, 0.05) is 4.88 Å². The first-order valence-electron chi connectivity index (χ1n) is 5.78. The first-order valence-corrected chi connectivity index (χ1v) is 6.66. The van der Waals surface area contributed by atoms with E-state index in [-0.39, 0.29) is 6.42 Å². The van der Waals surface area contributed by atoms with Crippen LogP contribution in [0.2, 0.25) is 0 Å². The predicted molar refractivity (Wildman–Crippen MR) is 71.4 cm³/mol. The predicted octanol–water partition coefficient (Wildman–Crippen LogP) is 0.558. The van der Waals surface area contributed by atoms with Gasteiger partial charge in [-0.25, -0.2) is 13.6 Å². The van der Waals surface area contributed by atoms with Gasteiger partial charge >= 0.3 is 6.03 Å². The van der Waals surface area contributed by atoms with E-state index in [1.54, 1.807) is 17.5 Å². The molecule has 0 aliphatic rings. The fourth-order valence-corrected chi connectivity index (χ4v) is 2.22. The standard InChI is InChI=1S/C11H16F2N4O2S/c12-11(13,5-14)6-16-9(18)4-7(17-10(15)19)8-2-1-3-20-8/h1-3,7H,4-6,14H2,(H,16,18)(H3,15,17,19). The molecule has 0 aliphatic heterocycles. The number of primary amides is 1. The van der Waals surface area contributed by atoms with Crippen LogP contribution in [-0.2, 0) is 4.79 Å². The van der Waals surface area contributed by atoms with Crippen LogP contribution in [0.25, 0.3) is 0 Å². The highest BCUT2D eigenvalue weighted by molar-refractivity contribution is 7.10. The van der Waals surface area contributed by atoms with Gasteiger partial charge in [0.25, 0.3) is 5.92 Å². The lowest BCUT2D eigenvalue weighted by atomic mass is 10.1. The molecule has 0 aliphatic carbocycles. The van der Waals surface area contributed by atoms with Crippen LogP contribution < -0.4 is 22.1 Å². The summed E-state index contributed by atoms with van der Waals surface area (Å²) in [5, 5.41) is 6.25.